The minimum absolute atomic E-state index is 0.247. The van der Waals surface area contributed by atoms with E-state index in [2.05, 4.69) is 6.92 Å². The van der Waals surface area contributed by atoms with Crippen molar-refractivity contribution in [2.24, 2.45) is 0 Å². The fraction of sp³-hybridized carbons (Fsp3) is 1.00. The van der Waals surface area contributed by atoms with E-state index in [1.54, 1.807) is 0 Å². The molecule has 2 heteroatoms. The van der Waals surface area contributed by atoms with Crippen LogP contribution < -0.4 is 5.73 Å². The number of rotatable bonds is 12. The van der Waals surface area contributed by atoms with Gasteiger partial charge >= 0.3 is 0 Å². The highest BCUT2D eigenvalue weighted by molar-refractivity contribution is 4.46. The summed E-state index contributed by atoms with van der Waals surface area (Å²) in [5.74, 6) is 0. The SMILES string of the molecule is CCCCCCCCCCOCCC[N]. The smallest absolute Gasteiger partial charge is 0.0479 e. The zero-order valence-electron chi connectivity index (χ0n) is 10.3. The number of nitrogens with zero attached hydrogens (tertiary/aromatic N) is 1. The van der Waals surface area contributed by atoms with Crippen LogP contribution in [0.25, 0.3) is 0 Å². The van der Waals surface area contributed by atoms with Crippen LogP contribution in [0.4, 0.5) is 0 Å². The zero-order valence-corrected chi connectivity index (χ0v) is 10.3. The van der Waals surface area contributed by atoms with Gasteiger partial charge in [-0.1, -0.05) is 51.9 Å². The lowest BCUT2D eigenvalue weighted by molar-refractivity contribution is 0.128. The monoisotopic (exact) mass is 213 g/mol. The van der Waals surface area contributed by atoms with E-state index in [4.69, 9.17) is 10.5 Å². The Balaban J connectivity index is 2.81. The maximum absolute atomic E-state index is 8.53. The molecule has 2 nitrogen and oxygen atoms in total. The van der Waals surface area contributed by atoms with Crippen LogP contribution in [0.15, 0.2) is 0 Å². The first-order valence-corrected chi connectivity index (χ1v) is 6.60. The Morgan fingerprint density at radius 2 is 1.27 bits per heavy atom. The van der Waals surface area contributed by atoms with Crippen molar-refractivity contribution >= 4 is 0 Å². The largest absolute Gasteiger partial charge is 0.381 e. The minimum Gasteiger partial charge on any atom is -0.381 e. The van der Waals surface area contributed by atoms with Gasteiger partial charge < -0.3 is 4.74 Å². The van der Waals surface area contributed by atoms with E-state index in [-0.39, 0.29) is 6.54 Å². The molecule has 0 bridgehead atoms. The molecule has 0 heterocycles. The molecule has 0 aromatic carbocycles. The molecule has 0 aliphatic heterocycles. The van der Waals surface area contributed by atoms with E-state index in [0.717, 1.165) is 13.0 Å². The molecule has 0 rings (SSSR count). The zero-order chi connectivity index (χ0) is 11.2. The highest BCUT2D eigenvalue weighted by atomic mass is 16.5. The highest BCUT2D eigenvalue weighted by Crippen LogP contribution is 2.08. The van der Waals surface area contributed by atoms with Gasteiger partial charge in [-0.05, 0) is 12.8 Å². The van der Waals surface area contributed by atoms with Crippen molar-refractivity contribution in [3.8, 4) is 0 Å². The molecule has 0 aliphatic rings. The maximum Gasteiger partial charge on any atom is 0.0479 e. The first-order chi connectivity index (χ1) is 7.41. The van der Waals surface area contributed by atoms with Gasteiger partial charge in [-0.3, -0.25) is 0 Å². The van der Waals surface area contributed by atoms with Crippen molar-refractivity contribution in [1.82, 2.24) is 5.73 Å². The molecule has 0 atom stereocenters. The molecule has 2 radical (unpaired) electrons. The standard InChI is InChI=1S/C13H27NO/c1-2-3-4-5-6-7-8-9-12-15-13-10-11-14/h2-13H2,1H3. The van der Waals surface area contributed by atoms with Crippen LogP contribution >= 0.6 is 0 Å². The van der Waals surface area contributed by atoms with E-state index in [9.17, 15) is 0 Å². The van der Waals surface area contributed by atoms with Crippen molar-refractivity contribution in [2.75, 3.05) is 19.8 Å². The summed E-state index contributed by atoms with van der Waals surface area (Å²) in [5, 5.41) is 0. The third-order valence-electron chi connectivity index (χ3n) is 2.59. The summed E-state index contributed by atoms with van der Waals surface area (Å²) in [6.07, 6.45) is 11.5. The molecule has 0 spiro atoms. The van der Waals surface area contributed by atoms with Gasteiger partial charge in [0.05, 0.1) is 0 Å². The second-order valence-electron chi connectivity index (χ2n) is 4.16. The van der Waals surface area contributed by atoms with Gasteiger partial charge in [0, 0.05) is 19.8 Å². The van der Waals surface area contributed by atoms with Crippen molar-refractivity contribution in [3.63, 3.8) is 0 Å². The Morgan fingerprint density at radius 1 is 0.733 bits per heavy atom. The first-order valence-electron chi connectivity index (χ1n) is 6.60. The summed E-state index contributed by atoms with van der Waals surface area (Å²) in [7, 11) is 0. The molecule has 0 saturated heterocycles. The normalized spacial score (nSPS) is 10.8. The van der Waals surface area contributed by atoms with Gasteiger partial charge in [-0.2, -0.15) is 0 Å². The summed E-state index contributed by atoms with van der Waals surface area (Å²) in [6, 6.07) is 0. The molecule has 0 unspecified atom stereocenters. The lowest BCUT2D eigenvalue weighted by Crippen LogP contribution is -1.99. The highest BCUT2D eigenvalue weighted by Gasteiger charge is 1.92. The first kappa shape index (κ1) is 14.9. The fourth-order valence-electron chi connectivity index (χ4n) is 1.61. The number of unbranched alkanes of at least 4 members (excludes halogenated alkanes) is 7. The molecule has 0 N–H and O–H groups in total. The summed E-state index contributed by atoms with van der Waals surface area (Å²) >= 11 is 0. The molecule has 15 heavy (non-hydrogen) atoms. The van der Waals surface area contributed by atoms with E-state index < -0.39 is 0 Å². The van der Waals surface area contributed by atoms with Gasteiger partial charge in [0.25, 0.3) is 0 Å². The lowest BCUT2D eigenvalue weighted by Gasteiger charge is -2.03. The van der Waals surface area contributed by atoms with Gasteiger partial charge in [-0.15, -0.1) is 5.73 Å². The Bertz CT molecular complexity index is 94.7. The second-order valence-corrected chi connectivity index (χ2v) is 4.16. The molecule has 0 fully saturated rings. The molecule has 0 amide bonds. The molecule has 0 aromatic heterocycles. The molecule has 0 saturated carbocycles. The summed E-state index contributed by atoms with van der Waals surface area (Å²) in [5.41, 5.74) is 8.53. The Morgan fingerprint density at radius 3 is 1.87 bits per heavy atom. The van der Waals surface area contributed by atoms with Crippen LogP contribution in [0.1, 0.15) is 64.7 Å². The Kier molecular flexibility index (Phi) is 13.8. The average molecular weight is 213 g/mol. The lowest BCUT2D eigenvalue weighted by atomic mass is 10.1. The van der Waals surface area contributed by atoms with Crippen LogP contribution in [0, 0.1) is 0 Å². The van der Waals surface area contributed by atoms with Crippen molar-refractivity contribution in [3.05, 3.63) is 0 Å². The van der Waals surface area contributed by atoms with E-state index in [1.807, 2.05) is 0 Å². The van der Waals surface area contributed by atoms with Crippen molar-refractivity contribution in [2.45, 2.75) is 64.7 Å². The molecular weight excluding hydrogens is 186 g/mol. The predicted molar refractivity (Wildman–Crippen MR) is 65.0 cm³/mol. The van der Waals surface area contributed by atoms with Gasteiger partial charge in [0.15, 0.2) is 0 Å². The minimum atomic E-state index is 0.247. The summed E-state index contributed by atoms with van der Waals surface area (Å²) < 4.78 is 5.36. The van der Waals surface area contributed by atoms with Crippen LogP contribution in [-0.4, -0.2) is 19.8 Å². The van der Waals surface area contributed by atoms with Crippen LogP contribution in [0.3, 0.4) is 0 Å². The molecule has 90 valence electrons. The van der Waals surface area contributed by atoms with Crippen LogP contribution in [-0.2, 0) is 4.74 Å². The van der Waals surface area contributed by atoms with Gasteiger partial charge in [-0.25, -0.2) is 0 Å². The van der Waals surface area contributed by atoms with Crippen LogP contribution in [0.2, 0.25) is 0 Å². The molecule has 0 aliphatic carbocycles. The quantitative estimate of drug-likeness (QED) is 0.456. The molecular formula is C13H27NO. The summed E-state index contributed by atoms with van der Waals surface area (Å²) in [6.45, 7) is 4.09. The van der Waals surface area contributed by atoms with Crippen LogP contribution in [0.5, 0.6) is 0 Å². The van der Waals surface area contributed by atoms with Gasteiger partial charge in [0.2, 0.25) is 0 Å². The van der Waals surface area contributed by atoms with E-state index in [0.29, 0.717) is 6.61 Å². The second kappa shape index (κ2) is 13.9. The maximum atomic E-state index is 8.53. The number of hydrogen-bond donors (Lipinski definition) is 0. The van der Waals surface area contributed by atoms with Gasteiger partial charge in [0.1, 0.15) is 0 Å². The number of ether oxygens (including phenoxy) is 1. The Labute approximate surface area is 95.6 Å². The summed E-state index contributed by atoms with van der Waals surface area (Å²) in [4.78, 5) is 0. The topological polar surface area (TPSA) is 31.5 Å². The fourth-order valence-corrected chi connectivity index (χ4v) is 1.61. The predicted octanol–water partition coefficient (Wildman–Crippen LogP) is 3.60. The molecule has 0 aromatic rings. The third-order valence-corrected chi connectivity index (χ3v) is 2.59. The Hall–Kier alpha value is -0.0800. The average Bonchev–Trinajstić information content (AvgIpc) is 2.26. The van der Waals surface area contributed by atoms with Crippen molar-refractivity contribution < 1.29 is 4.74 Å². The third kappa shape index (κ3) is 13.9. The van der Waals surface area contributed by atoms with Crippen molar-refractivity contribution in [1.29, 1.82) is 0 Å². The van der Waals surface area contributed by atoms with E-state index in [1.165, 1.54) is 51.4 Å². The van der Waals surface area contributed by atoms with E-state index >= 15 is 0 Å². The number of hydrogen-bond acceptors (Lipinski definition) is 1.